The number of allylic oxidation sites excluding steroid dienone is 2. The van der Waals surface area contributed by atoms with E-state index in [0.29, 0.717) is 44.6 Å². The van der Waals surface area contributed by atoms with Crippen LogP contribution in [0.3, 0.4) is 0 Å². The van der Waals surface area contributed by atoms with E-state index in [-0.39, 0.29) is 48.8 Å². The lowest BCUT2D eigenvalue weighted by molar-refractivity contribution is -0.151. The van der Waals surface area contributed by atoms with E-state index in [1.165, 1.54) is 51.4 Å². The molecule has 3 N–H and O–H groups in total. The van der Waals surface area contributed by atoms with Crippen LogP contribution in [0.25, 0.3) is 0 Å². The predicted molar refractivity (Wildman–Crippen MR) is 185 cm³/mol. The molecule has 0 bridgehead atoms. The fraction of sp³-hybridized carbons (Fsp3) is 0.846. The highest BCUT2D eigenvalue weighted by Crippen LogP contribution is 2.46. The number of hydrogen-bond acceptors (Lipinski definition) is 8. The lowest BCUT2D eigenvalue weighted by Gasteiger charge is -2.39. The Kier molecular flexibility index (Phi) is 13.0. The second-order valence-electron chi connectivity index (χ2n) is 15.8. The maximum atomic E-state index is 13.4. The second-order valence-corrected chi connectivity index (χ2v) is 15.8. The third kappa shape index (κ3) is 8.67. The Balaban J connectivity index is 0.916. The molecule has 0 spiro atoms. The fourth-order valence-corrected chi connectivity index (χ4v) is 10.4. The third-order valence-corrected chi connectivity index (χ3v) is 12.8. The van der Waals surface area contributed by atoms with E-state index in [1.54, 1.807) is 11.1 Å². The summed E-state index contributed by atoms with van der Waals surface area (Å²) in [4.78, 5) is 51.8. The highest BCUT2D eigenvalue weighted by molar-refractivity contribution is 6.11. The molecule has 4 aliphatic carbocycles. The van der Waals surface area contributed by atoms with Gasteiger partial charge in [0.2, 0.25) is 23.6 Å². The van der Waals surface area contributed by atoms with Gasteiger partial charge in [-0.2, -0.15) is 0 Å². The first kappa shape index (κ1) is 36.6. The third-order valence-electron chi connectivity index (χ3n) is 12.8. The number of piperidine rings is 1. The van der Waals surface area contributed by atoms with Gasteiger partial charge < -0.3 is 19.9 Å². The van der Waals surface area contributed by atoms with Crippen molar-refractivity contribution in [2.24, 2.45) is 29.6 Å². The molecule has 4 unspecified atom stereocenters. The molecule has 2 saturated heterocycles. The maximum Gasteiger partial charge on any atom is 0.249 e. The minimum absolute atomic E-state index is 0.112. The lowest BCUT2D eigenvalue weighted by atomic mass is 9.68. The maximum absolute atomic E-state index is 13.4. The number of aliphatic hydroxyl groups excluding tert-OH is 1. The van der Waals surface area contributed by atoms with Crippen LogP contribution in [-0.2, 0) is 28.7 Å². The van der Waals surface area contributed by atoms with Crippen LogP contribution in [0.5, 0.6) is 0 Å². The number of nitrogens with zero attached hydrogens (tertiary/aromatic N) is 1. The zero-order valence-electron chi connectivity index (χ0n) is 29.8. The Morgan fingerprint density at radius 1 is 0.776 bits per heavy atom. The number of imide groups is 2. The molecule has 0 radical (unpaired) electrons. The molecule has 6 rings (SSSR count). The Labute approximate surface area is 292 Å². The number of ether oxygens (including phenoxy) is 2. The number of rotatable bonds is 13. The van der Waals surface area contributed by atoms with E-state index in [9.17, 15) is 24.3 Å². The molecule has 10 heteroatoms. The van der Waals surface area contributed by atoms with Gasteiger partial charge in [0.05, 0.1) is 43.9 Å². The summed E-state index contributed by atoms with van der Waals surface area (Å²) in [6, 6.07) is -1.02. The largest absolute Gasteiger partial charge is 0.393 e. The van der Waals surface area contributed by atoms with Gasteiger partial charge in [0.25, 0.3) is 0 Å². The number of hydrogen-bond donors (Lipinski definition) is 3. The van der Waals surface area contributed by atoms with Crippen LogP contribution in [-0.4, -0.2) is 84.3 Å². The van der Waals surface area contributed by atoms with E-state index >= 15 is 0 Å². The van der Waals surface area contributed by atoms with Gasteiger partial charge in [0, 0.05) is 19.0 Å². The van der Waals surface area contributed by atoms with E-state index in [0.717, 1.165) is 62.2 Å². The quantitative estimate of drug-likeness (QED) is 0.141. The summed E-state index contributed by atoms with van der Waals surface area (Å²) in [6.45, 7) is 4.55. The molecule has 6 fully saturated rings. The molecule has 0 aromatic carbocycles. The number of fused-ring (bicyclic) bond motifs is 1. The van der Waals surface area contributed by atoms with E-state index in [4.69, 9.17) is 9.47 Å². The summed E-state index contributed by atoms with van der Waals surface area (Å²) in [5.41, 5.74) is 3.58. The highest BCUT2D eigenvalue weighted by atomic mass is 16.5. The fourth-order valence-electron chi connectivity index (χ4n) is 10.4. The first-order valence-electron chi connectivity index (χ1n) is 19.9. The first-order valence-corrected chi connectivity index (χ1v) is 19.9. The van der Waals surface area contributed by atoms with E-state index in [2.05, 4.69) is 17.6 Å². The molecule has 49 heavy (non-hydrogen) atoms. The van der Waals surface area contributed by atoms with Crippen molar-refractivity contribution in [2.45, 2.75) is 153 Å². The molecule has 6 aliphatic rings. The average Bonchev–Trinajstić information content (AvgIpc) is 3.37. The van der Waals surface area contributed by atoms with Crippen molar-refractivity contribution in [3.8, 4) is 0 Å². The number of aliphatic hydroxyl groups is 1. The molecule has 10 nitrogen and oxygen atoms in total. The minimum Gasteiger partial charge on any atom is -0.393 e. The summed E-state index contributed by atoms with van der Waals surface area (Å²) in [5, 5.41) is 16.0. The van der Waals surface area contributed by atoms with Crippen molar-refractivity contribution in [3.63, 3.8) is 0 Å². The van der Waals surface area contributed by atoms with Crippen LogP contribution in [0, 0.1) is 29.6 Å². The SMILES string of the molecule is CC/C(=C(\C1CCC(O)CC1)C1CCC(OCCOCCNC2CCCC3C(=O)N(C4CCC(=O)NC4=O)C(=O)C23)CC1)C1CCCCC1. The molecular weight excluding hydrogens is 622 g/mol. The summed E-state index contributed by atoms with van der Waals surface area (Å²) in [6.07, 6.45) is 19.6. The number of carbonyl (C=O) groups excluding carboxylic acids is 4. The Morgan fingerprint density at radius 2 is 1.49 bits per heavy atom. The smallest absolute Gasteiger partial charge is 0.249 e. The van der Waals surface area contributed by atoms with Crippen molar-refractivity contribution >= 4 is 23.6 Å². The van der Waals surface area contributed by atoms with Crippen LogP contribution >= 0.6 is 0 Å². The summed E-state index contributed by atoms with van der Waals surface area (Å²) in [7, 11) is 0. The van der Waals surface area contributed by atoms with Gasteiger partial charge in [-0.1, -0.05) is 43.8 Å². The molecule has 4 atom stereocenters. The molecule has 4 saturated carbocycles. The van der Waals surface area contributed by atoms with Crippen LogP contribution < -0.4 is 10.6 Å². The molecular formula is C39H61N3O7. The van der Waals surface area contributed by atoms with Gasteiger partial charge in [-0.3, -0.25) is 29.4 Å². The molecule has 2 aliphatic heterocycles. The zero-order valence-corrected chi connectivity index (χ0v) is 29.8. The first-order chi connectivity index (χ1) is 23.9. The molecule has 2 heterocycles. The van der Waals surface area contributed by atoms with Gasteiger partial charge in [0.1, 0.15) is 6.04 Å². The second kappa shape index (κ2) is 17.4. The summed E-state index contributed by atoms with van der Waals surface area (Å²) in [5.74, 6) is -0.248. The van der Waals surface area contributed by atoms with Crippen molar-refractivity contribution in [1.82, 2.24) is 15.5 Å². The van der Waals surface area contributed by atoms with Crippen LogP contribution in [0.4, 0.5) is 0 Å². The van der Waals surface area contributed by atoms with Gasteiger partial charge in [-0.15, -0.1) is 0 Å². The summed E-state index contributed by atoms with van der Waals surface area (Å²) < 4.78 is 12.2. The van der Waals surface area contributed by atoms with Crippen molar-refractivity contribution in [3.05, 3.63) is 11.1 Å². The van der Waals surface area contributed by atoms with Crippen molar-refractivity contribution < 1.29 is 33.8 Å². The molecule has 274 valence electrons. The minimum atomic E-state index is -0.886. The zero-order chi connectivity index (χ0) is 34.3. The topological polar surface area (TPSA) is 134 Å². The Bertz CT molecular complexity index is 1200. The van der Waals surface area contributed by atoms with Crippen molar-refractivity contribution in [1.29, 1.82) is 0 Å². The van der Waals surface area contributed by atoms with Crippen LogP contribution in [0.2, 0.25) is 0 Å². The van der Waals surface area contributed by atoms with Gasteiger partial charge in [-0.25, -0.2) is 0 Å². The number of amides is 4. The molecule has 0 aromatic rings. The number of nitrogens with one attached hydrogen (secondary N) is 2. The van der Waals surface area contributed by atoms with Gasteiger partial charge in [0.15, 0.2) is 0 Å². The monoisotopic (exact) mass is 683 g/mol. The Morgan fingerprint density at radius 3 is 2.18 bits per heavy atom. The van der Waals surface area contributed by atoms with E-state index < -0.39 is 23.8 Å². The Hall–Kier alpha value is -2.14. The highest BCUT2D eigenvalue weighted by Gasteiger charge is 2.55. The van der Waals surface area contributed by atoms with Gasteiger partial charge >= 0.3 is 0 Å². The molecule has 0 aromatic heterocycles. The van der Waals surface area contributed by atoms with E-state index in [1.807, 2.05) is 0 Å². The normalized spacial score (nSPS) is 35.3. The van der Waals surface area contributed by atoms with Crippen LogP contribution in [0.15, 0.2) is 11.1 Å². The standard InChI is InChI=1S/C39H61N3O7/c1-2-30(25-7-4-3-5-8-25)35(26-11-15-28(43)16-12-26)27-13-17-29(18-14-27)49-24-23-48-22-21-40-32-10-6-9-31-36(32)39(47)42(38(31)46)33-19-20-34(44)41-37(33)45/h25-29,31-33,36,40,43H,2-24H2,1H3,(H,41,44,45)/b35-30-. The molecule has 4 amide bonds. The predicted octanol–water partition coefficient (Wildman–Crippen LogP) is 4.96. The lowest BCUT2D eigenvalue weighted by Crippen LogP contribution is -2.55. The van der Waals surface area contributed by atoms with Crippen molar-refractivity contribution in [2.75, 3.05) is 26.4 Å². The number of carbonyl (C=O) groups is 4. The van der Waals surface area contributed by atoms with Crippen LogP contribution in [0.1, 0.15) is 129 Å². The van der Waals surface area contributed by atoms with Gasteiger partial charge in [-0.05, 0) is 108 Å². The summed E-state index contributed by atoms with van der Waals surface area (Å²) >= 11 is 0. The average molecular weight is 684 g/mol. The number of likely N-dealkylation sites (tertiary alicyclic amines) is 1.